The summed E-state index contributed by atoms with van der Waals surface area (Å²) in [6.45, 7) is -0.749. The molecule has 0 saturated carbocycles. The number of halogens is 6. The van der Waals surface area contributed by atoms with Crippen LogP contribution in [-0.2, 0) is 0 Å². The molecule has 1 atom stereocenters. The van der Waals surface area contributed by atoms with Gasteiger partial charge in [0, 0.05) is 11.6 Å². The number of rotatable bonds is 6. The SMILES string of the molecule is Cl.N[C@H](CCF)c1ccccc1OC(F)(F)C(F)F. The Morgan fingerprint density at radius 1 is 1.21 bits per heavy atom. The zero-order chi connectivity index (χ0) is 13.8. The van der Waals surface area contributed by atoms with Crippen LogP contribution in [0.25, 0.3) is 0 Å². The van der Waals surface area contributed by atoms with Crippen molar-refractivity contribution in [3.05, 3.63) is 29.8 Å². The molecule has 1 aromatic carbocycles. The molecular weight excluding hydrogens is 293 g/mol. The van der Waals surface area contributed by atoms with E-state index in [1.807, 2.05) is 0 Å². The molecule has 0 radical (unpaired) electrons. The first-order chi connectivity index (χ1) is 8.38. The quantitative estimate of drug-likeness (QED) is 0.813. The van der Waals surface area contributed by atoms with E-state index in [0.717, 1.165) is 6.07 Å². The smallest absolute Gasteiger partial charge is 0.428 e. The maximum Gasteiger partial charge on any atom is 0.461 e. The molecule has 0 aromatic heterocycles. The second-order valence-corrected chi connectivity index (χ2v) is 3.59. The fourth-order valence-corrected chi connectivity index (χ4v) is 1.34. The standard InChI is InChI=1S/C11H12F5NO.ClH/c12-6-5-8(17)7-3-1-2-4-9(7)18-11(15,16)10(13)14;/h1-4,8,10H,5-6,17H2;1H/t8-;/m1./s1. The average molecular weight is 306 g/mol. The summed E-state index contributed by atoms with van der Waals surface area (Å²) in [4.78, 5) is 0. The average Bonchev–Trinajstić information content (AvgIpc) is 2.29. The van der Waals surface area contributed by atoms with Gasteiger partial charge in [0.15, 0.2) is 0 Å². The minimum atomic E-state index is -4.61. The monoisotopic (exact) mass is 305 g/mol. The third-order valence-corrected chi connectivity index (χ3v) is 2.24. The second kappa shape index (κ2) is 7.49. The molecule has 110 valence electrons. The van der Waals surface area contributed by atoms with Crippen molar-refractivity contribution in [2.24, 2.45) is 5.73 Å². The summed E-state index contributed by atoms with van der Waals surface area (Å²) >= 11 is 0. The Labute approximate surface area is 113 Å². The molecule has 19 heavy (non-hydrogen) atoms. The zero-order valence-corrected chi connectivity index (χ0v) is 10.5. The molecule has 2 N–H and O–H groups in total. The number of ether oxygens (including phenoxy) is 1. The summed E-state index contributed by atoms with van der Waals surface area (Å²) in [7, 11) is 0. The van der Waals surface area contributed by atoms with Crippen molar-refractivity contribution < 1.29 is 26.7 Å². The summed E-state index contributed by atoms with van der Waals surface area (Å²) in [6.07, 6.45) is -8.67. The molecule has 2 nitrogen and oxygen atoms in total. The van der Waals surface area contributed by atoms with Gasteiger partial charge < -0.3 is 10.5 Å². The summed E-state index contributed by atoms with van der Waals surface area (Å²) in [6, 6.07) is 4.34. The van der Waals surface area contributed by atoms with Crippen molar-refractivity contribution in [3.63, 3.8) is 0 Å². The second-order valence-electron chi connectivity index (χ2n) is 3.59. The Morgan fingerprint density at radius 2 is 1.79 bits per heavy atom. The summed E-state index contributed by atoms with van der Waals surface area (Å²) in [5, 5.41) is 0. The number of hydrogen-bond donors (Lipinski definition) is 1. The molecule has 0 bridgehead atoms. The first-order valence-electron chi connectivity index (χ1n) is 5.14. The highest BCUT2D eigenvalue weighted by Gasteiger charge is 2.44. The largest absolute Gasteiger partial charge is 0.461 e. The molecule has 0 heterocycles. The zero-order valence-electron chi connectivity index (χ0n) is 9.66. The van der Waals surface area contributed by atoms with E-state index in [1.165, 1.54) is 18.2 Å². The van der Waals surface area contributed by atoms with Gasteiger partial charge in [-0.25, -0.2) is 0 Å². The van der Waals surface area contributed by atoms with Crippen LogP contribution in [0, 0.1) is 0 Å². The molecule has 0 aliphatic carbocycles. The fraction of sp³-hybridized carbons (Fsp3) is 0.455. The van der Waals surface area contributed by atoms with Gasteiger partial charge in [-0.3, -0.25) is 4.39 Å². The summed E-state index contributed by atoms with van der Waals surface area (Å²) < 4.78 is 65.7. The van der Waals surface area contributed by atoms with Crippen LogP contribution < -0.4 is 10.5 Å². The van der Waals surface area contributed by atoms with E-state index in [2.05, 4.69) is 4.74 Å². The Morgan fingerprint density at radius 3 is 2.32 bits per heavy atom. The molecule has 8 heteroatoms. The predicted molar refractivity (Wildman–Crippen MR) is 62.8 cm³/mol. The minimum absolute atomic E-state index is 0. The van der Waals surface area contributed by atoms with E-state index in [9.17, 15) is 22.0 Å². The van der Waals surface area contributed by atoms with Crippen LogP contribution >= 0.6 is 12.4 Å². The molecule has 0 amide bonds. The van der Waals surface area contributed by atoms with Gasteiger partial charge in [0.1, 0.15) is 5.75 Å². The normalized spacial score (nSPS) is 13.0. The van der Waals surface area contributed by atoms with E-state index in [1.54, 1.807) is 0 Å². The van der Waals surface area contributed by atoms with Gasteiger partial charge in [0.2, 0.25) is 0 Å². The lowest BCUT2D eigenvalue weighted by molar-refractivity contribution is -0.253. The third kappa shape index (κ3) is 4.83. The van der Waals surface area contributed by atoms with Crippen molar-refractivity contribution in [3.8, 4) is 5.75 Å². The third-order valence-electron chi connectivity index (χ3n) is 2.24. The lowest BCUT2D eigenvalue weighted by Crippen LogP contribution is -2.34. The van der Waals surface area contributed by atoms with E-state index < -0.39 is 31.0 Å². The van der Waals surface area contributed by atoms with Gasteiger partial charge in [-0.15, -0.1) is 12.4 Å². The van der Waals surface area contributed by atoms with Crippen molar-refractivity contribution in [2.75, 3.05) is 6.67 Å². The van der Waals surface area contributed by atoms with Gasteiger partial charge in [-0.05, 0) is 12.5 Å². The number of nitrogens with two attached hydrogens (primary N) is 1. The van der Waals surface area contributed by atoms with Gasteiger partial charge in [-0.1, -0.05) is 18.2 Å². The highest BCUT2D eigenvalue weighted by Crippen LogP contribution is 2.32. The molecule has 0 aliphatic rings. The fourth-order valence-electron chi connectivity index (χ4n) is 1.34. The van der Waals surface area contributed by atoms with Crippen LogP contribution in [0.4, 0.5) is 22.0 Å². The van der Waals surface area contributed by atoms with Crippen LogP contribution in [0.1, 0.15) is 18.0 Å². The first-order valence-corrected chi connectivity index (χ1v) is 5.14. The van der Waals surface area contributed by atoms with Gasteiger partial charge in [-0.2, -0.15) is 17.6 Å². The predicted octanol–water partition coefficient (Wildman–Crippen LogP) is 3.70. The summed E-state index contributed by atoms with van der Waals surface area (Å²) in [5.74, 6) is -0.469. The molecule has 0 unspecified atom stereocenters. The van der Waals surface area contributed by atoms with Crippen molar-refractivity contribution >= 4 is 12.4 Å². The lowest BCUT2D eigenvalue weighted by atomic mass is 10.0. The Hall–Kier alpha value is -1.08. The van der Waals surface area contributed by atoms with E-state index in [0.29, 0.717) is 0 Å². The maximum atomic E-state index is 12.8. The summed E-state index contributed by atoms with van der Waals surface area (Å²) in [5.41, 5.74) is 5.61. The van der Waals surface area contributed by atoms with Crippen molar-refractivity contribution in [2.45, 2.75) is 25.0 Å². The minimum Gasteiger partial charge on any atom is -0.428 e. The highest BCUT2D eigenvalue weighted by molar-refractivity contribution is 5.85. The maximum absolute atomic E-state index is 12.8. The molecule has 0 fully saturated rings. The Balaban J connectivity index is 0.00000324. The van der Waals surface area contributed by atoms with Gasteiger partial charge in [0.05, 0.1) is 6.67 Å². The lowest BCUT2D eigenvalue weighted by Gasteiger charge is -2.21. The Bertz CT molecular complexity index is 391. The Kier molecular flexibility index (Phi) is 7.07. The van der Waals surface area contributed by atoms with Crippen LogP contribution in [0.5, 0.6) is 5.75 Å². The van der Waals surface area contributed by atoms with Crippen molar-refractivity contribution in [1.82, 2.24) is 0 Å². The molecule has 1 aromatic rings. The van der Waals surface area contributed by atoms with E-state index >= 15 is 0 Å². The van der Waals surface area contributed by atoms with E-state index in [4.69, 9.17) is 5.73 Å². The van der Waals surface area contributed by atoms with Gasteiger partial charge in [0.25, 0.3) is 0 Å². The molecule has 0 spiro atoms. The number of para-hydroxylation sites is 1. The number of hydrogen-bond acceptors (Lipinski definition) is 2. The van der Waals surface area contributed by atoms with Crippen LogP contribution in [-0.4, -0.2) is 19.2 Å². The van der Waals surface area contributed by atoms with Crippen LogP contribution in [0.15, 0.2) is 24.3 Å². The first kappa shape index (κ1) is 17.9. The molecule has 0 aliphatic heterocycles. The van der Waals surface area contributed by atoms with Gasteiger partial charge >= 0.3 is 12.5 Å². The van der Waals surface area contributed by atoms with Crippen LogP contribution in [0.2, 0.25) is 0 Å². The molecule has 0 saturated heterocycles. The van der Waals surface area contributed by atoms with Crippen molar-refractivity contribution in [1.29, 1.82) is 0 Å². The highest BCUT2D eigenvalue weighted by atomic mass is 35.5. The number of benzene rings is 1. The van der Waals surface area contributed by atoms with Crippen LogP contribution in [0.3, 0.4) is 0 Å². The topological polar surface area (TPSA) is 35.2 Å². The van der Waals surface area contributed by atoms with E-state index in [-0.39, 0.29) is 24.4 Å². The number of alkyl halides is 5. The molecule has 1 rings (SSSR count). The molecular formula is C11H13ClF5NO.